The van der Waals surface area contributed by atoms with Crippen molar-refractivity contribution in [2.75, 3.05) is 27.2 Å². The Morgan fingerprint density at radius 3 is 2.26 bits per heavy atom. The van der Waals surface area contributed by atoms with Crippen molar-refractivity contribution in [2.45, 2.75) is 25.4 Å². The summed E-state index contributed by atoms with van der Waals surface area (Å²) in [7, 11) is 3.16. The summed E-state index contributed by atoms with van der Waals surface area (Å²) in [6, 6.07) is 7.80. The molecule has 0 unspecified atom stereocenters. The molecule has 0 saturated carbocycles. The van der Waals surface area contributed by atoms with Gasteiger partial charge >= 0.3 is 6.18 Å². The molecule has 0 radical (unpaired) electrons. The number of methoxy groups -OCH3 is 1. The lowest BCUT2D eigenvalue weighted by Gasteiger charge is -2.12. The summed E-state index contributed by atoms with van der Waals surface area (Å²) in [4.78, 5) is 3.89. The van der Waals surface area contributed by atoms with E-state index in [2.05, 4.69) is 15.6 Å². The van der Waals surface area contributed by atoms with Crippen molar-refractivity contribution in [1.29, 1.82) is 0 Å². The van der Waals surface area contributed by atoms with Gasteiger partial charge < -0.3 is 15.4 Å². The number of hydrogen-bond acceptors (Lipinski definition) is 2. The minimum Gasteiger partial charge on any atom is -0.497 e. The Bertz CT molecular complexity index is 464. The molecule has 8 heteroatoms. The van der Waals surface area contributed by atoms with Crippen molar-refractivity contribution in [3.8, 4) is 5.75 Å². The fourth-order valence-corrected chi connectivity index (χ4v) is 1.83. The van der Waals surface area contributed by atoms with Gasteiger partial charge in [-0.1, -0.05) is 12.1 Å². The van der Waals surface area contributed by atoms with Gasteiger partial charge in [-0.2, -0.15) is 13.2 Å². The van der Waals surface area contributed by atoms with Gasteiger partial charge in [0.1, 0.15) is 5.75 Å². The number of nitrogens with one attached hydrogen (secondary N) is 2. The lowest BCUT2D eigenvalue weighted by Crippen LogP contribution is -2.39. The summed E-state index contributed by atoms with van der Waals surface area (Å²) in [5, 5.41) is 5.64. The Labute approximate surface area is 151 Å². The Kier molecular flexibility index (Phi) is 10.8. The first-order valence-corrected chi connectivity index (χ1v) is 7.09. The molecule has 1 aromatic rings. The number of hydrogen-bond donors (Lipinski definition) is 2. The van der Waals surface area contributed by atoms with Crippen LogP contribution in [0.4, 0.5) is 13.2 Å². The Balaban J connectivity index is 0.00000484. The SMILES string of the molecule is CN=C(NCCCc1ccc(OC)cc1)NCCC(F)(F)F.I. The first-order valence-electron chi connectivity index (χ1n) is 7.09. The molecule has 0 saturated heterocycles. The Hall–Kier alpha value is -1.19. The van der Waals surface area contributed by atoms with Gasteiger partial charge in [-0.25, -0.2) is 0 Å². The van der Waals surface area contributed by atoms with E-state index in [1.165, 1.54) is 12.6 Å². The van der Waals surface area contributed by atoms with E-state index in [-0.39, 0.29) is 30.5 Å². The zero-order valence-electron chi connectivity index (χ0n) is 13.2. The van der Waals surface area contributed by atoms with Crippen molar-refractivity contribution in [3.05, 3.63) is 29.8 Å². The third kappa shape index (κ3) is 10.2. The van der Waals surface area contributed by atoms with Crippen molar-refractivity contribution in [2.24, 2.45) is 4.99 Å². The van der Waals surface area contributed by atoms with Gasteiger partial charge in [0.2, 0.25) is 0 Å². The molecule has 1 aromatic carbocycles. The van der Waals surface area contributed by atoms with Gasteiger partial charge in [-0.15, -0.1) is 24.0 Å². The maximum Gasteiger partial charge on any atom is 0.390 e. The van der Waals surface area contributed by atoms with Gasteiger partial charge in [0.15, 0.2) is 5.96 Å². The molecule has 0 bridgehead atoms. The number of rotatable bonds is 7. The number of benzene rings is 1. The molecule has 23 heavy (non-hydrogen) atoms. The second-order valence-electron chi connectivity index (χ2n) is 4.74. The van der Waals surface area contributed by atoms with Crippen LogP contribution < -0.4 is 15.4 Å². The molecule has 0 fully saturated rings. The van der Waals surface area contributed by atoms with Crippen LogP contribution in [0, 0.1) is 0 Å². The average molecular weight is 445 g/mol. The van der Waals surface area contributed by atoms with Crippen molar-refractivity contribution in [1.82, 2.24) is 10.6 Å². The van der Waals surface area contributed by atoms with Crippen LogP contribution in [-0.4, -0.2) is 39.4 Å². The number of alkyl halides is 3. The molecule has 0 atom stereocenters. The predicted octanol–water partition coefficient (Wildman–Crippen LogP) is 3.36. The molecule has 0 heterocycles. The van der Waals surface area contributed by atoms with Crippen LogP contribution in [0.3, 0.4) is 0 Å². The minimum absolute atomic E-state index is 0. The molecule has 1 rings (SSSR count). The number of guanidine groups is 1. The number of ether oxygens (including phenoxy) is 1. The maximum absolute atomic E-state index is 12.0. The molecular weight excluding hydrogens is 422 g/mol. The lowest BCUT2D eigenvalue weighted by molar-refractivity contribution is -0.132. The van der Waals surface area contributed by atoms with Gasteiger partial charge in [-0.3, -0.25) is 4.99 Å². The largest absolute Gasteiger partial charge is 0.497 e. The normalized spacial score (nSPS) is 11.6. The fourth-order valence-electron chi connectivity index (χ4n) is 1.83. The van der Waals surface area contributed by atoms with Gasteiger partial charge in [0.05, 0.1) is 13.5 Å². The molecule has 0 spiro atoms. The summed E-state index contributed by atoms with van der Waals surface area (Å²) in [6.45, 7) is 0.458. The topological polar surface area (TPSA) is 45.7 Å². The van der Waals surface area contributed by atoms with E-state index >= 15 is 0 Å². The fraction of sp³-hybridized carbons (Fsp3) is 0.533. The highest BCUT2D eigenvalue weighted by molar-refractivity contribution is 14.0. The highest BCUT2D eigenvalue weighted by Crippen LogP contribution is 2.18. The van der Waals surface area contributed by atoms with Gasteiger partial charge in [0, 0.05) is 20.1 Å². The summed E-state index contributed by atoms with van der Waals surface area (Å²) in [5.74, 6) is 1.20. The Morgan fingerprint density at radius 1 is 1.13 bits per heavy atom. The molecule has 0 aliphatic carbocycles. The lowest BCUT2D eigenvalue weighted by atomic mass is 10.1. The second kappa shape index (κ2) is 11.4. The van der Waals surface area contributed by atoms with Crippen molar-refractivity contribution < 1.29 is 17.9 Å². The highest BCUT2D eigenvalue weighted by Gasteiger charge is 2.26. The molecule has 2 N–H and O–H groups in total. The zero-order valence-corrected chi connectivity index (χ0v) is 15.6. The quantitative estimate of drug-likeness (QED) is 0.293. The van der Waals surface area contributed by atoms with Crippen LogP contribution in [0.25, 0.3) is 0 Å². The van der Waals surface area contributed by atoms with Crippen LogP contribution in [0.15, 0.2) is 29.3 Å². The van der Waals surface area contributed by atoms with E-state index in [1.54, 1.807) is 7.11 Å². The predicted molar refractivity (Wildman–Crippen MR) is 96.8 cm³/mol. The third-order valence-electron chi connectivity index (χ3n) is 3.02. The van der Waals surface area contributed by atoms with Crippen LogP contribution in [-0.2, 0) is 6.42 Å². The number of nitrogens with zero attached hydrogens (tertiary/aromatic N) is 1. The maximum atomic E-state index is 12.0. The van der Waals surface area contributed by atoms with Crippen LogP contribution in [0.5, 0.6) is 5.75 Å². The second-order valence-corrected chi connectivity index (χ2v) is 4.74. The number of aliphatic imine (C=N–C) groups is 1. The van der Waals surface area contributed by atoms with Crippen LogP contribution in [0.1, 0.15) is 18.4 Å². The molecule has 4 nitrogen and oxygen atoms in total. The molecule has 132 valence electrons. The van der Waals surface area contributed by atoms with E-state index in [0.717, 1.165) is 18.6 Å². The summed E-state index contributed by atoms with van der Waals surface area (Å²) >= 11 is 0. The molecule has 0 aliphatic heterocycles. The van der Waals surface area contributed by atoms with Gasteiger partial charge in [0.25, 0.3) is 0 Å². The first kappa shape index (κ1) is 21.8. The van der Waals surface area contributed by atoms with E-state index in [0.29, 0.717) is 12.5 Å². The van der Waals surface area contributed by atoms with Gasteiger partial charge in [-0.05, 0) is 30.5 Å². The van der Waals surface area contributed by atoms with E-state index in [1.807, 2.05) is 24.3 Å². The summed E-state index contributed by atoms with van der Waals surface area (Å²) < 4.78 is 41.2. The van der Waals surface area contributed by atoms with E-state index in [9.17, 15) is 13.2 Å². The van der Waals surface area contributed by atoms with Crippen LogP contribution >= 0.6 is 24.0 Å². The first-order chi connectivity index (χ1) is 10.4. The van der Waals surface area contributed by atoms with E-state index < -0.39 is 12.6 Å². The standard InChI is InChI=1S/C15H22F3N3O.HI/c1-19-14(21-11-9-15(16,17)18)20-10-3-4-12-5-7-13(22-2)8-6-12;/h5-8H,3-4,9-11H2,1-2H3,(H2,19,20,21);1H. The van der Waals surface area contributed by atoms with Crippen molar-refractivity contribution >= 4 is 29.9 Å². The molecule has 0 amide bonds. The van der Waals surface area contributed by atoms with E-state index in [4.69, 9.17) is 4.74 Å². The molecule has 0 aliphatic rings. The smallest absolute Gasteiger partial charge is 0.390 e. The number of halogens is 4. The summed E-state index contributed by atoms with van der Waals surface area (Å²) in [5.41, 5.74) is 1.18. The third-order valence-corrected chi connectivity index (χ3v) is 3.02. The Morgan fingerprint density at radius 2 is 1.74 bits per heavy atom. The van der Waals surface area contributed by atoms with Crippen LogP contribution in [0.2, 0.25) is 0 Å². The molecular formula is C15H23F3IN3O. The average Bonchev–Trinajstić information content (AvgIpc) is 2.49. The monoisotopic (exact) mass is 445 g/mol. The number of aryl methyl sites for hydroxylation is 1. The summed E-state index contributed by atoms with van der Waals surface area (Å²) in [6.07, 6.45) is -3.30. The zero-order chi connectivity index (χ0) is 16.4. The molecule has 0 aromatic heterocycles. The minimum atomic E-state index is -4.15. The van der Waals surface area contributed by atoms with Crippen molar-refractivity contribution in [3.63, 3.8) is 0 Å². The highest BCUT2D eigenvalue weighted by atomic mass is 127.